The highest BCUT2D eigenvalue weighted by Crippen LogP contribution is 2.12. The Bertz CT molecular complexity index is 132. The van der Waals surface area contributed by atoms with Gasteiger partial charge in [0, 0.05) is 13.0 Å². The normalized spacial score (nSPS) is 11.6. The Labute approximate surface area is 73.7 Å². The van der Waals surface area contributed by atoms with Gasteiger partial charge in [-0.1, -0.05) is 0 Å². The molecule has 0 unspecified atom stereocenters. The summed E-state index contributed by atoms with van der Waals surface area (Å²) in [5.41, 5.74) is -0.628. The number of hydrogen-bond acceptors (Lipinski definition) is 3. The van der Waals surface area contributed by atoms with E-state index >= 15 is 0 Å². The van der Waals surface area contributed by atoms with Gasteiger partial charge in [0.25, 0.3) is 0 Å². The Balaban J connectivity index is 3.94. The number of thiol groups is 1. The van der Waals surface area contributed by atoms with E-state index in [1.807, 2.05) is 6.92 Å². The molecule has 11 heavy (non-hydrogen) atoms. The van der Waals surface area contributed by atoms with E-state index in [2.05, 4.69) is 12.6 Å². The second kappa shape index (κ2) is 4.78. The summed E-state index contributed by atoms with van der Waals surface area (Å²) in [5, 5.41) is 0. The Morgan fingerprint density at radius 1 is 1.55 bits per heavy atom. The molecule has 3 heteroatoms. The van der Waals surface area contributed by atoms with Crippen LogP contribution < -0.4 is 0 Å². The lowest BCUT2D eigenvalue weighted by atomic mass is 10.0. The Kier molecular flexibility index (Phi) is 4.77. The van der Waals surface area contributed by atoms with Crippen LogP contribution in [-0.4, -0.2) is 23.7 Å². The van der Waals surface area contributed by atoms with Crippen LogP contribution in [-0.2, 0) is 9.53 Å². The SMILES string of the molecule is CCOC(C)(C)C(=O)CCS. The smallest absolute Gasteiger partial charge is 0.164 e. The largest absolute Gasteiger partial charge is 0.368 e. The van der Waals surface area contributed by atoms with Crippen molar-refractivity contribution in [1.82, 2.24) is 0 Å². The number of Topliss-reactive ketones (excluding diaryl/α,β-unsaturated/α-hetero) is 1. The van der Waals surface area contributed by atoms with Crippen LogP contribution in [0, 0.1) is 0 Å². The van der Waals surface area contributed by atoms with Crippen LogP contribution in [0.15, 0.2) is 0 Å². The van der Waals surface area contributed by atoms with E-state index in [1.54, 1.807) is 13.8 Å². The predicted molar refractivity (Wildman–Crippen MR) is 49.2 cm³/mol. The number of carbonyl (C=O) groups is 1. The van der Waals surface area contributed by atoms with Crippen LogP contribution >= 0.6 is 12.6 Å². The van der Waals surface area contributed by atoms with Crippen molar-refractivity contribution in [2.24, 2.45) is 0 Å². The molecule has 0 spiro atoms. The molecule has 66 valence electrons. The number of hydrogen-bond donors (Lipinski definition) is 1. The summed E-state index contributed by atoms with van der Waals surface area (Å²) in [6.07, 6.45) is 0.482. The van der Waals surface area contributed by atoms with Gasteiger partial charge >= 0.3 is 0 Å². The summed E-state index contributed by atoms with van der Waals surface area (Å²) in [6.45, 7) is 6.05. The third-order valence-electron chi connectivity index (χ3n) is 1.52. The van der Waals surface area contributed by atoms with Gasteiger partial charge in [0.15, 0.2) is 5.78 Å². The fourth-order valence-corrected chi connectivity index (χ4v) is 1.05. The van der Waals surface area contributed by atoms with Crippen LogP contribution in [0.3, 0.4) is 0 Å². The number of rotatable bonds is 5. The first-order chi connectivity index (χ1) is 5.04. The third-order valence-corrected chi connectivity index (χ3v) is 1.74. The maximum absolute atomic E-state index is 11.3. The molecule has 0 aromatic carbocycles. The number of ether oxygens (including phenoxy) is 1. The first-order valence-corrected chi connectivity index (χ1v) is 4.46. The van der Waals surface area contributed by atoms with Crippen molar-refractivity contribution in [3.8, 4) is 0 Å². The molecule has 0 aliphatic rings. The summed E-state index contributed by atoms with van der Waals surface area (Å²) in [5.74, 6) is 0.712. The van der Waals surface area contributed by atoms with Gasteiger partial charge in [0.05, 0.1) is 0 Å². The van der Waals surface area contributed by atoms with Crippen molar-refractivity contribution in [2.45, 2.75) is 32.8 Å². The minimum absolute atomic E-state index is 0.120. The fraction of sp³-hybridized carbons (Fsp3) is 0.875. The molecular formula is C8H16O2S. The summed E-state index contributed by atoms with van der Waals surface area (Å²) in [4.78, 5) is 11.3. The maximum atomic E-state index is 11.3. The van der Waals surface area contributed by atoms with E-state index in [0.717, 1.165) is 0 Å². The van der Waals surface area contributed by atoms with Crippen LogP contribution in [0.2, 0.25) is 0 Å². The van der Waals surface area contributed by atoms with Gasteiger partial charge in [-0.2, -0.15) is 12.6 Å². The van der Waals surface area contributed by atoms with Gasteiger partial charge in [0.2, 0.25) is 0 Å². The Hall–Kier alpha value is -0.0200. The van der Waals surface area contributed by atoms with Crippen molar-refractivity contribution in [3.63, 3.8) is 0 Å². The first-order valence-electron chi connectivity index (χ1n) is 3.82. The summed E-state index contributed by atoms with van der Waals surface area (Å²) >= 11 is 3.98. The zero-order chi connectivity index (χ0) is 8.91. The Morgan fingerprint density at radius 2 is 2.09 bits per heavy atom. The van der Waals surface area contributed by atoms with Gasteiger partial charge < -0.3 is 4.74 Å². The summed E-state index contributed by atoms with van der Waals surface area (Å²) in [6, 6.07) is 0. The highest BCUT2D eigenvalue weighted by Gasteiger charge is 2.26. The van der Waals surface area contributed by atoms with Gasteiger partial charge in [-0.3, -0.25) is 4.79 Å². The molecule has 0 atom stereocenters. The van der Waals surface area contributed by atoms with Crippen molar-refractivity contribution in [3.05, 3.63) is 0 Å². The molecule has 0 fully saturated rings. The zero-order valence-electron chi connectivity index (χ0n) is 7.39. The quantitative estimate of drug-likeness (QED) is 0.645. The molecule has 0 aromatic heterocycles. The minimum Gasteiger partial charge on any atom is -0.368 e. The zero-order valence-corrected chi connectivity index (χ0v) is 8.28. The highest BCUT2D eigenvalue weighted by atomic mass is 32.1. The van der Waals surface area contributed by atoms with E-state index in [4.69, 9.17) is 4.74 Å². The first kappa shape index (κ1) is 11.0. The molecule has 0 saturated carbocycles. The summed E-state index contributed by atoms with van der Waals surface area (Å²) in [7, 11) is 0. The molecule has 0 bridgehead atoms. The highest BCUT2D eigenvalue weighted by molar-refractivity contribution is 7.80. The predicted octanol–water partition coefficient (Wildman–Crippen LogP) is 1.69. The van der Waals surface area contributed by atoms with Gasteiger partial charge in [0.1, 0.15) is 5.60 Å². The molecule has 0 rings (SSSR count). The fourth-order valence-electron chi connectivity index (χ4n) is 0.844. The molecule has 0 aliphatic heterocycles. The number of ketones is 1. The van der Waals surface area contributed by atoms with Crippen molar-refractivity contribution >= 4 is 18.4 Å². The topological polar surface area (TPSA) is 26.3 Å². The average Bonchev–Trinajstić information content (AvgIpc) is 1.88. The molecular weight excluding hydrogens is 160 g/mol. The van der Waals surface area contributed by atoms with E-state index in [1.165, 1.54) is 0 Å². The standard InChI is InChI=1S/C8H16O2S/c1-4-10-8(2,3)7(9)5-6-11/h11H,4-6H2,1-3H3. The second-order valence-corrected chi connectivity index (χ2v) is 3.29. The molecule has 0 heterocycles. The summed E-state index contributed by atoms with van der Waals surface area (Å²) < 4.78 is 5.26. The van der Waals surface area contributed by atoms with E-state index in [9.17, 15) is 4.79 Å². The molecule has 0 saturated heterocycles. The lowest BCUT2D eigenvalue weighted by molar-refractivity contribution is -0.139. The molecule has 0 aliphatic carbocycles. The minimum atomic E-state index is -0.628. The van der Waals surface area contributed by atoms with Gasteiger partial charge in [-0.25, -0.2) is 0 Å². The van der Waals surface area contributed by atoms with Crippen molar-refractivity contribution in [2.75, 3.05) is 12.4 Å². The van der Waals surface area contributed by atoms with Crippen LogP contribution in [0.1, 0.15) is 27.2 Å². The molecule has 2 nitrogen and oxygen atoms in total. The average molecular weight is 176 g/mol. The van der Waals surface area contributed by atoms with Crippen LogP contribution in [0.5, 0.6) is 0 Å². The van der Waals surface area contributed by atoms with Gasteiger partial charge in [-0.05, 0) is 26.5 Å². The van der Waals surface area contributed by atoms with E-state index in [-0.39, 0.29) is 5.78 Å². The van der Waals surface area contributed by atoms with E-state index < -0.39 is 5.60 Å². The monoisotopic (exact) mass is 176 g/mol. The van der Waals surface area contributed by atoms with E-state index in [0.29, 0.717) is 18.8 Å². The molecule has 0 amide bonds. The maximum Gasteiger partial charge on any atom is 0.164 e. The molecule has 0 radical (unpaired) electrons. The number of carbonyl (C=O) groups excluding carboxylic acids is 1. The molecule has 0 aromatic rings. The molecule has 0 N–H and O–H groups in total. The third kappa shape index (κ3) is 3.77. The van der Waals surface area contributed by atoms with Crippen LogP contribution in [0.4, 0.5) is 0 Å². The van der Waals surface area contributed by atoms with Crippen molar-refractivity contribution in [1.29, 1.82) is 0 Å². The van der Waals surface area contributed by atoms with Crippen molar-refractivity contribution < 1.29 is 9.53 Å². The lowest BCUT2D eigenvalue weighted by Gasteiger charge is -2.22. The van der Waals surface area contributed by atoms with Gasteiger partial charge in [-0.15, -0.1) is 0 Å². The second-order valence-electron chi connectivity index (χ2n) is 2.84. The lowest BCUT2D eigenvalue weighted by Crippen LogP contribution is -2.35. The Morgan fingerprint density at radius 3 is 2.45 bits per heavy atom. The van der Waals surface area contributed by atoms with Crippen LogP contribution in [0.25, 0.3) is 0 Å².